The lowest BCUT2D eigenvalue weighted by Gasteiger charge is -2.20. The number of rotatable bonds is 8. The summed E-state index contributed by atoms with van der Waals surface area (Å²) in [5.74, 6) is -0.674. The summed E-state index contributed by atoms with van der Waals surface area (Å²) in [6.45, 7) is 0.826. The lowest BCUT2D eigenvalue weighted by molar-refractivity contribution is 0.296. The molecule has 0 aliphatic rings. The summed E-state index contributed by atoms with van der Waals surface area (Å²) in [4.78, 5) is 16.7. The van der Waals surface area contributed by atoms with E-state index in [0.29, 0.717) is 24.6 Å². The maximum Gasteiger partial charge on any atom is 0.223 e. The molecule has 0 atom stereocenters. The van der Waals surface area contributed by atoms with E-state index in [0.717, 1.165) is 12.1 Å². The van der Waals surface area contributed by atoms with Crippen LogP contribution in [0.3, 0.4) is 0 Å². The molecule has 32 heavy (non-hydrogen) atoms. The number of aromatic nitrogens is 5. The molecular weight excluding hydrogens is 422 g/mol. The highest BCUT2D eigenvalue weighted by Gasteiger charge is 2.15. The molecule has 0 radical (unpaired) electrons. The topological polar surface area (TPSA) is 127 Å². The van der Waals surface area contributed by atoms with Crippen LogP contribution >= 0.6 is 0 Å². The van der Waals surface area contributed by atoms with E-state index >= 15 is 0 Å². The minimum Gasteiger partial charge on any atom is -0.733 e. The molecule has 0 unspecified atom stereocenters. The van der Waals surface area contributed by atoms with E-state index in [1.807, 2.05) is 0 Å². The van der Waals surface area contributed by atoms with Gasteiger partial charge < -0.3 is 25.6 Å². The van der Waals surface area contributed by atoms with E-state index < -0.39 is 11.6 Å². The first-order valence-corrected chi connectivity index (χ1v) is 9.42. The zero-order valence-electron chi connectivity index (χ0n) is 16.5. The molecule has 0 aliphatic carbocycles. The van der Waals surface area contributed by atoms with Gasteiger partial charge in [0.25, 0.3) is 0 Å². The van der Waals surface area contributed by atoms with Crippen LogP contribution < -0.4 is 15.9 Å². The Morgan fingerprint density at radius 1 is 1.06 bits per heavy atom. The van der Waals surface area contributed by atoms with Gasteiger partial charge in [-0.3, -0.25) is 5.21 Å². The minimum atomic E-state index is -0.744. The number of anilines is 3. The number of hydrogen-bond acceptors (Lipinski definition) is 9. The van der Waals surface area contributed by atoms with Crippen molar-refractivity contribution in [3.05, 3.63) is 78.3 Å². The van der Waals surface area contributed by atoms with Crippen LogP contribution in [0.25, 0.3) is 16.9 Å². The summed E-state index contributed by atoms with van der Waals surface area (Å²) in [6.07, 6.45) is 7.51. The Morgan fingerprint density at radius 2 is 1.91 bits per heavy atom. The van der Waals surface area contributed by atoms with Gasteiger partial charge in [0.15, 0.2) is 0 Å². The van der Waals surface area contributed by atoms with Gasteiger partial charge in [0.05, 0.1) is 30.1 Å². The Balaban J connectivity index is 1.48. The molecule has 0 saturated carbocycles. The van der Waals surface area contributed by atoms with E-state index in [-0.39, 0.29) is 28.1 Å². The van der Waals surface area contributed by atoms with Crippen molar-refractivity contribution in [2.75, 3.05) is 28.9 Å². The lowest BCUT2D eigenvalue weighted by atomic mass is 10.1. The molecular formula is C20H17F2N8O2-. The molecule has 3 aromatic heterocycles. The average Bonchev–Trinajstić information content (AvgIpc) is 3.32. The van der Waals surface area contributed by atoms with Gasteiger partial charge in [0, 0.05) is 37.1 Å². The second-order valence-corrected chi connectivity index (χ2v) is 6.55. The minimum absolute atomic E-state index is 0.0145. The number of pyridine rings is 1. The van der Waals surface area contributed by atoms with Crippen molar-refractivity contribution in [1.82, 2.24) is 24.5 Å². The van der Waals surface area contributed by atoms with E-state index in [2.05, 4.69) is 30.6 Å². The van der Waals surface area contributed by atoms with Gasteiger partial charge in [0.2, 0.25) is 5.95 Å². The van der Waals surface area contributed by atoms with Crippen molar-refractivity contribution in [3.8, 4) is 16.9 Å². The van der Waals surface area contributed by atoms with Gasteiger partial charge in [-0.2, -0.15) is 0 Å². The van der Waals surface area contributed by atoms with Crippen LogP contribution in [0.5, 0.6) is 0 Å². The molecule has 0 fully saturated rings. The molecule has 4 rings (SSSR count). The van der Waals surface area contributed by atoms with Crippen LogP contribution in [0.15, 0.2) is 61.4 Å². The number of nitrogens with one attached hydrogen (secondary N) is 2. The van der Waals surface area contributed by atoms with Gasteiger partial charge in [0.1, 0.15) is 23.1 Å². The summed E-state index contributed by atoms with van der Waals surface area (Å²) in [5, 5.41) is 25.4. The van der Waals surface area contributed by atoms with Crippen molar-refractivity contribution in [2.45, 2.75) is 0 Å². The molecule has 0 bridgehead atoms. The Hall–Kier alpha value is -4.16. The van der Waals surface area contributed by atoms with Crippen molar-refractivity contribution in [3.63, 3.8) is 0 Å². The van der Waals surface area contributed by atoms with Crippen LogP contribution in [0.2, 0.25) is 0 Å². The van der Waals surface area contributed by atoms with Gasteiger partial charge in [-0.25, -0.2) is 28.7 Å². The molecule has 0 aliphatic heterocycles. The molecule has 0 amide bonds. The molecule has 10 nitrogen and oxygen atoms in total. The van der Waals surface area contributed by atoms with Crippen LogP contribution in [-0.2, 0) is 0 Å². The first kappa shape index (κ1) is 21.1. The predicted molar refractivity (Wildman–Crippen MR) is 113 cm³/mol. The van der Waals surface area contributed by atoms with Crippen LogP contribution in [-0.4, -0.2) is 42.8 Å². The van der Waals surface area contributed by atoms with Gasteiger partial charge in [-0.05, 0) is 24.3 Å². The second-order valence-electron chi connectivity index (χ2n) is 6.55. The van der Waals surface area contributed by atoms with E-state index in [1.165, 1.54) is 30.9 Å². The van der Waals surface area contributed by atoms with E-state index in [4.69, 9.17) is 5.21 Å². The maximum absolute atomic E-state index is 14.5. The van der Waals surface area contributed by atoms with Crippen LogP contribution in [0, 0.1) is 16.8 Å². The summed E-state index contributed by atoms with van der Waals surface area (Å²) in [6, 6.07) is 6.24. The largest absolute Gasteiger partial charge is 0.733 e. The van der Waals surface area contributed by atoms with Gasteiger partial charge in [-0.15, -0.1) is 0 Å². The molecule has 4 aromatic rings. The zero-order chi connectivity index (χ0) is 22.5. The number of halogens is 2. The van der Waals surface area contributed by atoms with Crippen LogP contribution in [0.1, 0.15) is 0 Å². The fourth-order valence-corrected chi connectivity index (χ4v) is 2.90. The molecule has 0 spiro atoms. The standard InChI is InChI=1S/C20H17F2N8O2/c21-13-1-3-15(16(22)9-13)19-17(29-8-7-23-12-29)11-27-20(28-19)25-6-5-24-18-4-2-14(10-26-18)30(31)32/h1-4,7-12,31H,5-6H2,(H,24,26)(H,25,27,28)/q-1. The summed E-state index contributed by atoms with van der Waals surface area (Å²) in [5.41, 5.74) is 0.895. The monoisotopic (exact) mass is 439 g/mol. The molecule has 12 heteroatoms. The molecule has 0 saturated heterocycles. The second kappa shape index (κ2) is 9.32. The quantitative estimate of drug-likeness (QED) is 0.280. The normalized spacial score (nSPS) is 10.8. The fourth-order valence-electron chi connectivity index (χ4n) is 2.90. The highest BCUT2D eigenvalue weighted by molar-refractivity contribution is 5.70. The average molecular weight is 439 g/mol. The SMILES string of the molecule is [O-]N(O)c1ccc(NCCNc2ncc(-n3ccnc3)c(-c3ccc(F)cc3F)n2)nc1. The summed E-state index contributed by atoms with van der Waals surface area (Å²) >= 11 is 0. The summed E-state index contributed by atoms with van der Waals surface area (Å²) < 4.78 is 29.5. The lowest BCUT2D eigenvalue weighted by Crippen LogP contribution is -2.16. The number of imidazole rings is 1. The molecule has 164 valence electrons. The van der Waals surface area contributed by atoms with Crippen LogP contribution in [0.4, 0.5) is 26.2 Å². The molecule has 3 heterocycles. The van der Waals surface area contributed by atoms with E-state index in [9.17, 15) is 14.0 Å². The van der Waals surface area contributed by atoms with Crippen molar-refractivity contribution in [1.29, 1.82) is 0 Å². The first-order chi connectivity index (χ1) is 15.5. The Morgan fingerprint density at radius 3 is 2.59 bits per heavy atom. The molecule has 3 N–H and O–H groups in total. The highest BCUT2D eigenvalue weighted by Crippen LogP contribution is 2.28. The van der Waals surface area contributed by atoms with Crippen molar-refractivity contribution >= 4 is 17.5 Å². The third kappa shape index (κ3) is 4.77. The van der Waals surface area contributed by atoms with Gasteiger partial charge >= 0.3 is 0 Å². The number of nitrogens with zero attached hydrogens (tertiary/aromatic N) is 6. The number of benzene rings is 1. The third-order valence-electron chi connectivity index (χ3n) is 4.42. The summed E-state index contributed by atoms with van der Waals surface area (Å²) in [7, 11) is 0. The predicted octanol–water partition coefficient (Wildman–Crippen LogP) is 3.22. The first-order valence-electron chi connectivity index (χ1n) is 9.42. The number of hydrogen-bond donors (Lipinski definition) is 3. The van der Waals surface area contributed by atoms with Crippen molar-refractivity contribution < 1.29 is 14.0 Å². The third-order valence-corrected chi connectivity index (χ3v) is 4.42. The fraction of sp³-hybridized carbons (Fsp3) is 0.100. The Labute approximate surface area is 180 Å². The highest BCUT2D eigenvalue weighted by atomic mass is 19.1. The Kier molecular flexibility index (Phi) is 6.14. The van der Waals surface area contributed by atoms with Gasteiger partial charge in [-0.1, -0.05) is 0 Å². The molecule has 1 aromatic carbocycles. The van der Waals surface area contributed by atoms with Crippen molar-refractivity contribution in [2.24, 2.45) is 0 Å². The maximum atomic E-state index is 14.5. The zero-order valence-corrected chi connectivity index (χ0v) is 16.5. The smallest absolute Gasteiger partial charge is 0.223 e. The van der Waals surface area contributed by atoms with E-state index in [1.54, 1.807) is 23.0 Å². The Bertz CT molecular complexity index is 1190.